The number of amides is 1. The molecule has 0 atom stereocenters. The van der Waals surface area contributed by atoms with Crippen LogP contribution in [0.5, 0.6) is 0 Å². The number of carbonyl (C=O) groups excluding carboxylic acids is 1. The third kappa shape index (κ3) is 3.70. The summed E-state index contributed by atoms with van der Waals surface area (Å²) in [6, 6.07) is 5.81. The number of hydrogen-bond donors (Lipinski definition) is 0. The quantitative estimate of drug-likeness (QED) is 0.610. The van der Waals surface area contributed by atoms with Crippen molar-refractivity contribution in [2.75, 3.05) is 32.1 Å². The van der Waals surface area contributed by atoms with Crippen molar-refractivity contribution >= 4 is 44.2 Å². The number of nitrogens with zero attached hydrogens (tertiary/aromatic N) is 3. The van der Waals surface area contributed by atoms with Crippen LogP contribution in [0.2, 0.25) is 5.02 Å². The highest BCUT2D eigenvalue weighted by Gasteiger charge is 2.55. The molecule has 1 heterocycles. The average Bonchev–Trinajstić information content (AvgIpc) is 3.06. The molecule has 4 nitrogen and oxygen atoms in total. The molecule has 4 fully saturated rings. The van der Waals surface area contributed by atoms with E-state index in [2.05, 4.69) is 19.0 Å². The van der Waals surface area contributed by atoms with E-state index in [1.165, 1.54) is 19.3 Å². The maximum Gasteiger partial charge on any atom is 0.235 e. The van der Waals surface area contributed by atoms with Gasteiger partial charge >= 0.3 is 0 Å². The second kappa shape index (κ2) is 7.51. The first-order valence-electron chi connectivity index (χ1n) is 10.9. The Bertz CT molecular complexity index is 889. The summed E-state index contributed by atoms with van der Waals surface area (Å²) in [6.45, 7) is 1.72. The van der Waals surface area contributed by atoms with Crippen molar-refractivity contribution in [2.45, 2.75) is 44.9 Å². The zero-order chi connectivity index (χ0) is 20.2. The van der Waals surface area contributed by atoms with E-state index in [1.54, 1.807) is 11.3 Å². The number of fused-ring (bicyclic) bond motifs is 1. The van der Waals surface area contributed by atoms with Crippen LogP contribution in [0.15, 0.2) is 18.2 Å². The van der Waals surface area contributed by atoms with Crippen LogP contribution in [-0.2, 0) is 4.79 Å². The summed E-state index contributed by atoms with van der Waals surface area (Å²) in [6.07, 6.45) is 8.31. The Morgan fingerprint density at radius 3 is 2.41 bits per heavy atom. The van der Waals surface area contributed by atoms with Gasteiger partial charge in [-0.05, 0) is 102 Å². The summed E-state index contributed by atoms with van der Waals surface area (Å²) in [5, 5.41) is 1.57. The van der Waals surface area contributed by atoms with Crippen LogP contribution >= 0.6 is 22.9 Å². The van der Waals surface area contributed by atoms with Gasteiger partial charge in [-0.15, -0.1) is 0 Å². The molecule has 0 aliphatic heterocycles. The lowest BCUT2D eigenvalue weighted by Gasteiger charge is -2.56. The van der Waals surface area contributed by atoms with E-state index in [0.717, 1.165) is 76.9 Å². The molecule has 0 spiro atoms. The lowest BCUT2D eigenvalue weighted by molar-refractivity contribution is -0.143. The third-order valence-electron chi connectivity index (χ3n) is 7.29. The van der Waals surface area contributed by atoms with Crippen molar-refractivity contribution in [3.63, 3.8) is 0 Å². The van der Waals surface area contributed by atoms with Crippen molar-refractivity contribution in [1.29, 1.82) is 0 Å². The van der Waals surface area contributed by atoms with Gasteiger partial charge in [0, 0.05) is 11.6 Å². The second-order valence-corrected chi connectivity index (χ2v) is 11.4. The minimum absolute atomic E-state index is 0.137. The van der Waals surface area contributed by atoms with Crippen LogP contribution in [0.25, 0.3) is 10.2 Å². The zero-order valence-corrected chi connectivity index (χ0v) is 18.9. The topological polar surface area (TPSA) is 36.4 Å². The van der Waals surface area contributed by atoms with E-state index in [0.29, 0.717) is 5.91 Å². The zero-order valence-electron chi connectivity index (χ0n) is 17.4. The first-order chi connectivity index (χ1) is 13.9. The maximum atomic E-state index is 14.1. The number of aromatic nitrogens is 1. The van der Waals surface area contributed by atoms with Gasteiger partial charge in [-0.2, -0.15) is 0 Å². The maximum absolute atomic E-state index is 14.1. The van der Waals surface area contributed by atoms with Crippen LogP contribution in [0, 0.1) is 23.2 Å². The van der Waals surface area contributed by atoms with Gasteiger partial charge in [0.1, 0.15) is 0 Å². The van der Waals surface area contributed by atoms with E-state index in [1.807, 2.05) is 23.1 Å². The Hall–Kier alpha value is -1.17. The van der Waals surface area contributed by atoms with E-state index in [-0.39, 0.29) is 5.41 Å². The molecule has 1 aromatic heterocycles. The highest BCUT2D eigenvalue weighted by atomic mass is 35.5. The molecule has 1 aromatic carbocycles. The lowest BCUT2D eigenvalue weighted by atomic mass is 9.49. The van der Waals surface area contributed by atoms with E-state index in [4.69, 9.17) is 16.6 Å². The fraction of sp³-hybridized carbons (Fsp3) is 0.652. The molecule has 29 heavy (non-hydrogen) atoms. The lowest BCUT2D eigenvalue weighted by Crippen LogP contribution is -2.55. The van der Waals surface area contributed by atoms with Crippen molar-refractivity contribution in [2.24, 2.45) is 23.2 Å². The minimum atomic E-state index is -0.137. The summed E-state index contributed by atoms with van der Waals surface area (Å²) in [5.41, 5.74) is 0.799. The summed E-state index contributed by atoms with van der Waals surface area (Å²) < 4.78 is 1.06. The molecule has 2 aromatic rings. The van der Waals surface area contributed by atoms with Crippen LogP contribution in [0.4, 0.5) is 5.13 Å². The largest absolute Gasteiger partial charge is 0.309 e. The van der Waals surface area contributed by atoms with Gasteiger partial charge in [0.25, 0.3) is 0 Å². The summed E-state index contributed by atoms with van der Waals surface area (Å²) in [4.78, 5) is 23.1. The predicted molar refractivity (Wildman–Crippen MR) is 121 cm³/mol. The van der Waals surface area contributed by atoms with Crippen LogP contribution in [0.3, 0.4) is 0 Å². The molecule has 4 aliphatic carbocycles. The molecule has 4 aliphatic rings. The molecule has 156 valence electrons. The highest BCUT2D eigenvalue weighted by Crippen LogP contribution is 2.60. The highest BCUT2D eigenvalue weighted by molar-refractivity contribution is 7.22. The van der Waals surface area contributed by atoms with E-state index < -0.39 is 0 Å². The number of thiazole rings is 1. The van der Waals surface area contributed by atoms with Gasteiger partial charge in [-0.3, -0.25) is 9.69 Å². The predicted octanol–water partition coefficient (Wildman–Crippen LogP) is 5.45. The molecule has 0 N–H and O–H groups in total. The van der Waals surface area contributed by atoms with Crippen molar-refractivity contribution in [1.82, 2.24) is 9.88 Å². The molecule has 1 amide bonds. The van der Waals surface area contributed by atoms with Crippen molar-refractivity contribution < 1.29 is 4.79 Å². The molecular weight excluding hydrogens is 402 g/mol. The first-order valence-corrected chi connectivity index (χ1v) is 12.1. The van der Waals surface area contributed by atoms with Gasteiger partial charge in [0.15, 0.2) is 5.13 Å². The minimum Gasteiger partial charge on any atom is -0.309 e. The smallest absolute Gasteiger partial charge is 0.235 e. The first kappa shape index (κ1) is 19.8. The fourth-order valence-electron chi connectivity index (χ4n) is 6.49. The number of carbonyl (C=O) groups is 1. The van der Waals surface area contributed by atoms with Gasteiger partial charge in [0.05, 0.1) is 15.6 Å². The molecule has 0 unspecified atom stereocenters. The van der Waals surface area contributed by atoms with Gasteiger partial charge < -0.3 is 4.90 Å². The van der Waals surface area contributed by atoms with E-state index >= 15 is 0 Å². The van der Waals surface area contributed by atoms with Gasteiger partial charge in [-0.1, -0.05) is 22.9 Å². The molecular formula is C23H30ClN3OS. The Morgan fingerprint density at radius 2 is 1.79 bits per heavy atom. The number of benzene rings is 1. The van der Waals surface area contributed by atoms with Crippen LogP contribution in [-0.4, -0.2) is 43.0 Å². The molecule has 0 saturated heterocycles. The number of rotatable bonds is 6. The number of hydrogen-bond acceptors (Lipinski definition) is 4. The molecule has 6 heteroatoms. The van der Waals surface area contributed by atoms with Crippen molar-refractivity contribution in [3.8, 4) is 0 Å². The second-order valence-electron chi connectivity index (χ2n) is 9.92. The Labute approximate surface area is 182 Å². The number of halogens is 1. The molecule has 4 saturated carbocycles. The SMILES string of the molecule is CN(C)CCCN(C(=O)C12CC3CC(CC(C3)C1)C2)c1nc2ccc(Cl)cc2s1. The normalized spacial score (nSPS) is 30.4. The van der Waals surface area contributed by atoms with Crippen LogP contribution < -0.4 is 4.90 Å². The third-order valence-corrected chi connectivity index (χ3v) is 8.57. The van der Waals surface area contributed by atoms with Crippen molar-refractivity contribution in [3.05, 3.63) is 23.2 Å². The summed E-state index contributed by atoms with van der Waals surface area (Å²) in [7, 11) is 4.18. The van der Waals surface area contributed by atoms with E-state index in [9.17, 15) is 4.79 Å². The van der Waals surface area contributed by atoms with Crippen LogP contribution in [0.1, 0.15) is 44.9 Å². The summed E-state index contributed by atoms with van der Waals surface area (Å²) in [5.74, 6) is 2.65. The fourth-order valence-corrected chi connectivity index (χ4v) is 7.76. The van der Waals surface area contributed by atoms with Gasteiger partial charge in [0.2, 0.25) is 5.91 Å². The average molecular weight is 432 g/mol. The standard InChI is InChI=1S/C23H30ClN3OS/c1-26(2)6-3-7-27(22-25-19-5-4-18(24)11-20(19)29-22)21(28)23-12-15-8-16(13-23)10-17(9-15)14-23/h4-5,11,15-17H,3,6-10,12-14H2,1-2H3. The number of anilines is 1. The Kier molecular flexibility index (Phi) is 5.12. The monoisotopic (exact) mass is 431 g/mol. The molecule has 6 rings (SSSR count). The summed E-state index contributed by atoms with van der Waals surface area (Å²) >= 11 is 7.80. The Morgan fingerprint density at radius 1 is 1.14 bits per heavy atom. The molecule has 0 radical (unpaired) electrons. The van der Waals surface area contributed by atoms with Gasteiger partial charge in [-0.25, -0.2) is 4.98 Å². The Balaban J connectivity index is 1.47. The molecule has 4 bridgehead atoms.